The summed E-state index contributed by atoms with van der Waals surface area (Å²) >= 11 is 0. The maximum atomic E-state index is 10.4. The smallest absolute Gasteiger partial charge is 0.138 e. The lowest BCUT2D eigenvalue weighted by molar-refractivity contribution is 0.414. The highest BCUT2D eigenvalue weighted by molar-refractivity contribution is 5.88. The van der Waals surface area contributed by atoms with Gasteiger partial charge in [0.05, 0.1) is 18.2 Å². The van der Waals surface area contributed by atoms with Crippen molar-refractivity contribution in [3.8, 4) is 23.3 Å². The molecule has 2 aromatic carbocycles. The van der Waals surface area contributed by atoms with Gasteiger partial charge in [-0.3, -0.25) is 4.98 Å². The van der Waals surface area contributed by atoms with Crippen molar-refractivity contribution >= 4 is 16.6 Å². The van der Waals surface area contributed by atoms with Crippen LogP contribution in [0.2, 0.25) is 0 Å². The molecule has 3 aromatic rings. The molecule has 23 heavy (non-hydrogen) atoms. The van der Waals surface area contributed by atoms with Gasteiger partial charge in [0.1, 0.15) is 29.0 Å². The molecule has 0 radical (unpaired) electrons. The molecule has 1 aromatic heterocycles. The molecule has 112 valence electrons. The number of aromatic nitrogens is 1. The molecule has 0 saturated carbocycles. The van der Waals surface area contributed by atoms with Gasteiger partial charge in [0.15, 0.2) is 0 Å². The Balaban J connectivity index is 2.06. The normalized spacial score (nSPS) is 10.1. The first-order valence-electron chi connectivity index (χ1n) is 6.73. The topological polar surface area (TPSA) is 84.6 Å². The van der Waals surface area contributed by atoms with Crippen molar-refractivity contribution in [2.24, 2.45) is 5.18 Å². The first kappa shape index (κ1) is 14.5. The predicted octanol–water partition coefficient (Wildman–Crippen LogP) is 4.31. The van der Waals surface area contributed by atoms with E-state index in [0.717, 1.165) is 5.39 Å². The lowest BCUT2D eigenvalue weighted by Gasteiger charge is -2.10. The Morgan fingerprint density at radius 2 is 1.91 bits per heavy atom. The third-order valence-corrected chi connectivity index (χ3v) is 3.31. The molecule has 0 aliphatic carbocycles. The summed E-state index contributed by atoms with van der Waals surface area (Å²) in [6.45, 7) is 0. The number of fused-ring (bicyclic) bond motifs is 1. The monoisotopic (exact) mass is 305 g/mol. The van der Waals surface area contributed by atoms with Crippen molar-refractivity contribution in [3.63, 3.8) is 0 Å². The molecule has 0 N–H and O–H groups in total. The molecular weight excluding hydrogens is 294 g/mol. The molecule has 6 heteroatoms. The summed E-state index contributed by atoms with van der Waals surface area (Å²) in [5.74, 6) is 1.59. The third kappa shape index (κ3) is 2.80. The standard InChI is InChI=1S/C17H11N3O3/c1-22-17-9-14-15(8-11(17)10-18)19-7-6-16(14)23-13-4-2-12(20-21)3-5-13/h2-9H,1H3. The van der Waals surface area contributed by atoms with Crippen molar-refractivity contribution < 1.29 is 9.47 Å². The van der Waals surface area contributed by atoms with Gasteiger partial charge in [-0.1, -0.05) is 0 Å². The summed E-state index contributed by atoms with van der Waals surface area (Å²) in [6, 6.07) is 13.6. The van der Waals surface area contributed by atoms with E-state index in [-0.39, 0.29) is 0 Å². The second-order valence-electron chi connectivity index (χ2n) is 4.68. The Bertz CT molecular complexity index is 915. The van der Waals surface area contributed by atoms with Crippen LogP contribution in [0.3, 0.4) is 0 Å². The first-order chi connectivity index (χ1) is 11.2. The zero-order valence-electron chi connectivity index (χ0n) is 12.2. The number of benzene rings is 2. The highest BCUT2D eigenvalue weighted by Crippen LogP contribution is 2.33. The Labute approximate surface area is 131 Å². The Hall–Kier alpha value is -3.46. The maximum Gasteiger partial charge on any atom is 0.138 e. The van der Waals surface area contributed by atoms with Gasteiger partial charge in [-0.05, 0) is 47.6 Å². The van der Waals surface area contributed by atoms with Gasteiger partial charge >= 0.3 is 0 Å². The Morgan fingerprint density at radius 1 is 1.13 bits per heavy atom. The van der Waals surface area contributed by atoms with Crippen LogP contribution in [0.25, 0.3) is 10.9 Å². The van der Waals surface area contributed by atoms with Gasteiger partial charge < -0.3 is 9.47 Å². The van der Waals surface area contributed by atoms with E-state index in [1.807, 2.05) is 0 Å². The molecule has 0 atom stereocenters. The fourth-order valence-corrected chi connectivity index (χ4v) is 2.19. The average Bonchev–Trinajstić information content (AvgIpc) is 2.61. The van der Waals surface area contributed by atoms with E-state index in [2.05, 4.69) is 16.2 Å². The van der Waals surface area contributed by atoms with E-state index in [0.29, 0.717) is 34.0 Å². The SMILES string of the molecule is COc1cc2c(Oc3ccc(N=O)cc3)ccnc2cc1C#N. The summed E-state index contributed by atoms with van der Waals surface area (Å²) in [6.07, 6.45) is 1.60. The molecule has 0 fully saturated rings. The van der Waals surface area contributed by atoms with Crippen molar-refractivity contribution in [1.29, 1.82) is 5.26 Å². The fraction of sp³-hybridized carbons (Fsp3) is 0.0588. The Morgan fingerprint density at radius 3 is 2.57 bits per heavy atom. The summed E-state index contributed by atoms with van der Waals surface area (Å²) in [5.41, 5.74) is 1.37. The maximum absolute atomic E-state index is 10.4. The van der Waals surface area contributed by atoms with Crippen LogP contribution in [-0.2, 0) is 0 Å². The number of nitroso groups, excluding NO2 is 1. The number of rotatable bonds is 4. The minimum atomic E-state index is 0.331. The van der Waals surface area contributed by atoms with E-state index in [1.54, 1.807) is 48.7 Å². The molecular formula is C17H11N3O3. The zero-order valence-corrected chi connectivity index (χ0v) is 12.2. The second kappa shape index (κ2) is 6.12. The molecule has 0 aliphatic rings. The van der Waals surface area contributed by atoms with Crippen LogP contribution in [0.1, 0.15) is 5.56 Å². The molecule has 0 amide bonds. The van der Waals surface area contributed by atoms with Gasteiger partial charge in [-0.15, -0.1) is 4.91 Å². The molecule has 0 saturated heterocycles. The van der Waals surface area contributed by atoms with E-state index >= 15 is 0 Å². The van der Waals surface area contributed by atoms with Gasteiger partial charge in [-0.2, -0.15) is 5.26 Å². The number of ether oxygens (including phenoxy) is 2. The summed E-state index contributed by atoms with van der Waals surface area (Å²) in [5, 5.41) is 12.7. The second-order valence-corrected chi connectivity index (χ2v) is 4.68. The number of nitrogens with zero attached hydrogens (tertiary/aromatic N) is 3. The lowest BCUT2D eigenvalue weighted by Crippen LogP contribution is -1.92. The Kier molecular flexibility index (Phi) is 3.85. The van der Waals surface area contributed by atoms with Crippen LogP contribution in [0.4, 0.5) is 5.69 Å². The van der Waals surface area contributed by atoms with E-state index < -0.39 is 0 Å². The molecule has 0 aliphatic heterocycles. The summed E-state index contributed by atoms with van der Waals surface area (Å²) in [4.78, 5) is 14.7. The highest BCUT2D eigenvalue weighted by atomic mass is 16.5. The summed E-state index contributed by atoms with van der Waals surface area (Å²) in [7, 11) is 1.50. The predicted molar refractivity (Wildman–Crippen MR) is 85.0 cm³/mol. The number of methoxy groups -OCH3 is 1. The summed E-state index contributed by atoms with van der Waals surface area (Å²) < 4.78 is 11.1. The number of nitriles is 1. The minimum Gasteiger partial charge on any atom is -0.495 e. The zero-order chi connectivity index (χ0) is 16.2. The van der Waals surface area contributed by atoms with Gasteiger partial charge in [0.2, 0.25) is 0 Å². The molecule has 0 unspecified atom stereocenters. The van der Waals surface area contributed by atoms with Gasteiger partial charge in [0, 0.05) is 11.6 Å². The molecule has 0 spiro atoms. The number of pyridine rings is 1. The quantitative estimate of drug-likeness (QED) is 0.671. The van der Waals surface area contributed by atoms with Crippen LogP contribution in [0.5, 0.6) is 17.2 Å². The van der Waals surface area contributed by atoms with Gasteiger partial charge in [-0.25, -0.2) is 0 Å². The fourth-order valence-electron chi connectivity index (χ4n) is 2.19. The van der Waals surface area contributed by atoms with Crippen LogP contribution in [0.15, 0.2) is 53.8 Å². The van der Waals surface area contributed by atoms with Crippen molar-refractivity contribution in [1.82, 2.24) is 4.98 Å². The molecule has 3 rings (SSSR count). The molecule has 1 heterocycles. The van der Waals surface area contributed by atoms with Gasteiger partial charge in [0.25, 0.3) is 0 Å². The van der Waals surface area contributed by atoms with E-state index in [9.17, 15) is 4.91 Å². The van der Waals surface area contributed by atoms with Crippen LogP contribution >= 0.6 is 0 Å². The molecule has 6 nitrogen and oxygen atoms in total. The number of hydrogen-bond donors (Lipinski definition) is 0. The third-order valence-electron chi connectivity index (χ3n) is 3.31. The van der Waals surface area contributed by atoms with Crippen molar-refractivity contribution in [2.75, 3.05) is 7.11 Å². The van der Waals surface area contributed by atoms with E-state index in [1.165, 1.54) is 7.11 Å². The lowest BCUT2D eigenvalue weighted by atomic mass is 10.1. The largest absolute Gasteiger partial charge is 0.495 e. The van der Waals surface area contributed by atoms with Crippen LogP contribution < -0.4 is 9.47 Å². The van der Waals surface area contributed by atoms with Crippen LogP contribution in [0, 0.1) is 16.2 Å². The highest BCUT2D eigenvalue weighted by Gasteiger charge is 2.10. The van der Waals surface area contributed by atoms with Crippen molar-refractivity contribution in [3.05, 3.63) is 59.1 Å². The molecule has 0 bridgehead atoms. The van der Waals surface area contributed by atoms with Crippen molar-refractivity contribution in [2.45, 2.75) is 0 Å². The number of hydrogen-bond acceptors (Lipinski definition) is 6. The van der Waals surface area contributed by atoms with Crippen LogP contribution in [-0.4, -0.2) is 12.1 Å². The minimum absolute atomic E-state index is 0.331. The van der Waals surface area contributed by atoms with E-state index in [4.69, 9.17) is 14.7 Å². The first-order valence-corrected chi connectivity index (χ1v) is 6.73. The average molecular weight is 305 g/mol.